The van der Waals surface area contributed by atoms with Gasteiger partial charge in [-0.2, -0.15) is 0 Å². The third-order valence-electron chi connectivity index (χ3n) is 2.67. The van der Waals surface area contributed by atoms with Crippen molar-refractivity contribution in [2.24, 2.45) is 0 Å². The van der Waals surface area contributed by atoms with Gasteiger partial charge < -0.3 is 5.32 Å². The van der Waals surface area contributed by atoms with Gasteiger partial charge in [-0.3, -0.25) is 4.21 Å². The molecule has 2 nitrogen and oxygen atoms in total. The van der Waals surface area contributed by atoms with E-state index in [1.807, 2.05) is 11.8 Å². The van der Waals surface area contributed by atoms with E-state index in [0.29, 0.717) is 12.1 Å². The van der Waals surface area contributed by atoms with Crippen LogP contribution in [0.4, 0.5) is 0 Å². The van der Waals surface area contributed by atoms with E-state index < -0.39 is 10.8 Å². The number of thioether (sulfide) groups is 1. The first-order valence-corrected chi connectivity index (χ1v) is 8.16. The number of benzene rings is 1. The van der Waals surface area contributed by atoms with Crippen molar-refractivity contribution in [2.75, 3.05) is 17.8 Å². The molecule has 0 spiro atoms. The fourth-order valence-electron chi connectivity index (χ4n) is 2.04. The van der Waals surface area contributed by atoms with E-state index in [9.17, 15) is 4.21 Å². The molecule has 3 unspecified atom stereocenters. The molecule has 1 aliphatic rings. The van der Waals surface area contributed by atoms with Crippen molar-refractivity contribution in [3.63, 3.8) is 0 Å². The Balaban J connectivity index is 2.00. The van der Waals surface area contributed by atoms with Gasteiger partial charge >= 0.3 is 0 Å². The quantitative estimate of drug-likeness (QED) is 0.894. The summed E-state index contributed by atoms with van der Waals surface area (Å²) in [6.07, 6.45) is 1.76. The zero-order valence-corrected chi connectivity index (χ0v) is 11.2. The molecule has 0 saturated heterocycles. The lowest BCUT2D eigenvalue weighted by atomic mass is 10.1. The summed E-state index contributed by atoms with van der Waals surface area (Å²) in [4.78, 5) is 1.38. The van der Waals surface area contributed by atoms with E-state index in [0.717, 1.165) is 11.5 Å². The first kappa shape index (κ1) is 12.1. The van der Waals surface area contributed by atoms with Crippen LogP contribution in [0, 0.1) is 0 Å². The van der Waals surface area contributed by atoms with Crippen LogP contribution in [-0.2, 0) is 10.8 Å². The second-order valence-corrected chi connectivity index (χ2v) is 6.75. The lowest BCUT2D eigenvalue weighted by molar-refractivity contribution is 0.514. The van der Waals surface area contributed by atoms with E-state index >= 15 is 0 Å². The molecule has 0 aromatic heterocycles. The summed E-state index contributed by atoms with van der Waals surface area (Å²) >= 11 is 1.90. The molecule has 0 fully saturated rings. The molecule has 16 heavy (non-hydrogen) atoms. The summed E-state index contributed by atoms with van der Waals surface area (Å²) in [5, 5.41) is 3.55. The maximum atomic E-state index is 11.1. The highest BCUT2D eigenvalue weighted by atomic mass is 32.2. The standard InChI is InChI=1S/C12H17NOS2/c1-9(8-16(2)14)13-11-7-15-12-6-4-3-5-10(11)12/h3-6,9,11,13H,7-8H2,1-2H3. The van der Waals surface area contributed by atoms with Crippen LogP contribution in [0.15, 0.2) is 29.2 Å². The summed E-state index contributed by atoms with van der Waals surface area (Å²) in [5.41, 5.74) is 1.39. The minimum Gasteiger partial charge on any atom is -0.306 e. The van der Waals surface area contributed by atoms with Gasteiger partial charge in [-0.25, -0.2) is 0 Å². The van der Waals surface area contributed by atoms with Crippen molar-refractivity contribution < 1.29 is 4.21 Å². The van der Waals surface area contributed by atoms with Gasteiger partial charge in [-0.15, -0.1) is 11.8 Å². The second kappa shape index (κ2) is 5.34. The predicted octanol–water partition coefficient (Wildman–Crippen LogP) is 2.19. The molecule has 0 amide bonds. The Morgan fingerprint density at radius 2 is 2.31 bits per heavy atom. The summed E-state index contributed by atoms with van der Waals surface area (Å²) in [5.74, 6) is 1.81. The van der Waals surface area contributed by atoms with Gasteiger partial charge in [0.05, 0.1) is 0 Å². The van der Waals surface area contributed by atoms with Crippen LogP contribution in [0.2, 0.25) is 0 Å². The zero-order valence-electron chi connectivity index (χ0n) is 9.60. The molecule has 0 saturated carbocycles. The van der Waals surface area contributed by atoms with E-state index in [-0.39, 0.29) is 0 Å². The largest absolute Gasteiger partial charge is 0.306 e. The predicted molar refractivity (Wildman–Crippen MR) is 71.4 cm³/mol. The van der Waals surface area contributed by atoms with Gasteiger partial charge in [-0.1, -0.05) is 18.2 Å². The molecule has 4 heteroatoms. The molecular weight excluding hydrogens is 238 g/mol. The third-order valence-corrected chi connectivity index (χ3v) is 4.82. The van der Waals surface area contributed by atoms with E-state index in [2.05, 4.69) is 36.5 Å². The Morgan fingerprint density at radius 1 is 1.56 bits per heavy atom. The van der Waals surface area contributed by atoms with Crippen LogP contribution in [0.25, 0.3) is 0 Å². The molecule has 2 rings (SSSR count). The number of hydrogen-bond donors (Lipinski definition) is 1. The van der Waals surface area contributed by atoms with Crippen molar-refractivity contribution in [3.05, 3.63) is 29.8 Å². The topological polar surface area (TPSA) is 29.1 Å². The average Bonchev–Trinajstić information content (AvgIpc) is 2.61. The second-order valence-electron chi connectivity index (χ2n) is 4.21. The van der Waals surface area contributed by atoms with Crippen LogP contribution in [-0.4, -0.2) is 28.0 Å². The minimum atomic E-state index is -0.723. The van der Waals surface area contributed by atoms with Crippen LogP contribution in [0.1, 0.15) is 18.5 Å². The summed E-state index contributed by atoms with van der Waals surface area (Å²) in [6, 6.07) is 9.25. The van der Waals surface area contributed by atoms with Gasteiger partial charge in [0.1, 0.15) is 0 Å². The number of fused-ring (bicyclic) bond motifs is 1. The molecule has 3 atom stereocenters. The van der Waals surface area contributed by atoms with Crippen LogP contribution >= 0.6 is 11.8 Å². The first-order valence-electron chi connectivity index (χ1n) is 5.44. The van der Waals surface area contributed by atoms with Gasteiger partial charge in [-0.05, 0) is 18.6 Å². The number of nitrogens with one attached hydrogen (secondary N) is 1. The highest BCUT2D eigenvalue weighted by molar-refractivity contribution is 7.99. The lowest BCUT2D eigenvalue weighted by Crippen LogP contribution is -2.34. The third kappa shape index (κ3) is 2.87. The highest BCUT2D eigenvalue weighted by Crippen LogP contribution is 2.37. The summed E-state index contributed by atoms with van der Waals surface area (Å²) < 4.78 is 11.1. The first-order chi connectivity index (χ1) is 7.66. The molecule has 1 aromatic carbocycles. The molecular formula is C12H17NOS2. The molecule has 88 valence electrons. The Hall–Kier alpha value is -0.320. The fraction of sp³-hybridized carbons (Fsp3) is 0.500. The van der Waals surface area contributed by atoms with E-state index in [4.69, 9.17) is 0 Å². The molecule has 1 N–H and O–H groups in total. The number of hydrogen-bond acceptors (Lipinski definition) is 3. The van der Waals surface area contributed by atoms with Gasteiger partial charge in [0, 0.05) is 45.5 Å². The average molecular weight is 255 g/mol. The summed E-state index contributed by atoms with van der Waals surface area (Å²) in [7, 11) is -0.723. The van der Waals surface area contributed by atoms with Crippen LogP contribution in [0.3, 0.4) is 0 Å². The Labute approximate surface area is 104 Å². The molecule has 1 aromatic rings. The van der Waals surface area contributed by atoms with Gasteiger partial charge in [0.25, 0.3) is 0 Å². The van der Waals surface area contributed by atoms with E-state index in [1.165, 1.54) is 10.5 Å². The maximum absolute atomic E-state index is 11.1. The van der Waals surface area contributed by atoms with Gasteiger partial charge in [0.15, 0.2) is 0 Å². The minimum absolute atomic E-state index is 0.308. The number of rotatable bonds is 4. The maximum Gasteiger partial charge on any atom is 0.0428 e. The Bertz CT molecular complexity index is 394. The van der Waals surface area contributed by atoms with Crippen molar-refractivity contribution in [1.29, 1.82) is 0 Å². The molecule has 0 aliphatic carbocycles. The van der Waals surface area contributed by atoms with Crippen molar-refractivity contribution in [2.45, 2.75) is 23.9 Å². The summed E-state index contributed by atoms with van der Waals surface area (Å²) in [6.45, 7) is 2.10. The molecule has 0 bridgehead atoms. The van der Waals surface area contributed by atoms with Crippen molar-refractivity contribution in [3.8, 4) is 0 Å². The van der Waals surface area contributed by atoms with Crippen molar-refractivity contribution >= 4 is 22.6 Å². The Kier molecular flexibility index (Phi) is 4.05. The molecule has 0 radical (unpaired) electrons. The highest BCUT2D eigenvalue weighted by Gasteiger charge is 2.23. The zero-order chi connectivity index (χ0) is 11.5. The smallest absolute Gasteiger partial charge is 0.0428 e. The Morgan fingerprint density at radius 3 is 3.06 bits per heavy atom. The SMILES string of the molecule is CC(CS(C)=O)NC1CSc2ccccc21. The van der Waals surface area contributed by atoms with Gasteiger partial charge in [0.2, 0.25) is 0 Å². The van der Waals surface area contributed by atoms with Crippen LogP contribution in [0.5, 0.6) is 0 Å². The normalized spacial score (nSPS) is 22.8. The molecule has 1 aliphatic heterocycles. The monoisotopic (exact) mass is 255 g/mol. The molecule has 1 heterocycles. The fourth-order valence-corrected chi connectivity index (χ4v) is 4.02. The van der Waals surface area contributed by atoms with Crippen LogP contribution < -0.4 is 5.32 Å². The van der Waals surface area contributed by atoms with E-state index in [1.54, 1.807) is 6.26 Å². The van der Waals surface area contributed by atoms with Crippen molar-refractivity contribution in [1.82, 2.24) is 5.32 Å². The lowest BCUT2D eigenvalue weighted by Gasteiger charge is -2.18.